The zero-order valence-corrected chi connectivity index (χ0v) is 15.1. The molecule has 1 aromatic rings. The second-order valence-electron chi connectivity index (χ2n) is 6.91. The van der Waals surface area contributed by atoms with Crippen molar-refractivity contribution in [3.8, 4) is 0 Å². The van der Waals surface area contributed by atoms with Gasteiger partial charge in [-0.25, -0.2) is 4.79 Å². The number of nitrogens with one attached hydrogen (secondary N) is 1. The van der Waals surface area contributed by atoms with Gasteiger partial charge in [-0.15, -0.1) is 0 Å². The summed E-state index contributed by atoms with van der Waals surface area (Å²) in [4.78, 5) is 23.7. The highest BCUT2D eigenvalue weighted by molar-refractivity contribution is 5.70. The third-order valence-corrected chi connectivity index (χ3v) is 3.70. The van der Waals surface area contributed by atoms with Crippen LogP contribution in [0, 0.1) is 5.41 Å². The molecule has 5 nitrogen and oxygen atoms in total. The van der Waals surface area contributed by atoms with Crippen LogP contribution in [-0.2, 0) is 20.9 Å². The molecule has 1 rings (SSSR count). The van der Waals surface area contributed by atoms with E-state index in [1.165, 1.54) is 0 Å². The molecular formula is C19H29NO4. The summed E-state index contributed by atoms with van der Waals surface area (Å²) in [5.41, 5.74) is 0.669. The van der Waals surface area contributed by atoms with Crippen LogP contribution in [0.1, 0.15) is 52.5 Å². The Bertz CT molecular complexity index is 508. The lowest BCUT2D eigenvalue weighted by Gasteiger charge is -2.30. The number of hydrogen-bond acceptors (Lipinski definition) is 4. The zero-order chi connectivity index (χ0) is 18.0. The summed E-state index contributed by atoms with van der Waals surface area (Å²) in [6.45, 7) is 8.32. The van der Waals surface area contributed by atoms with Gasteiger partial charge in [-0.1, -0.05) is 64.4 Å². The third kappa shape index (κ3) is 7.99. The first-order valence-corrected chi connectivity index (χ1v) is 8.45. The molecule has 5 heteroatoms. The van der Waals surface area contributed by atoms with Crippen LogP contribution in [0.2, 0.25) is 0 Å². The Morgan fingerprint density at radius 3 is 2.38 bits per heavy atom. The molecule has 1 amide bonds. The molecule has 134 valence electrons. The lowest BCUT2D eigenvalue weighted by molar-refractivity contribution is -0.145. The second kappa shape index (κ2) is 9.96. The molecule has 0 aliphatic heterocycles. The number of carbonyl (C=O) groups is 2. The molecule has 0 aliphatic carbocycles. The first-order valence-electron chi connectivity index (χ1n) is 8.45. The topological polar surface area (TPSA) is 64.6 Å². The van der Waals surface area contributed by atoms with Gasteiger partial charge in [0.25, 0.3) is 0 Å². The van der Waals surface area contributed by atoms with Crippen LogP contribution >= 0.6 is 0 Å². The molecule has 0 heterocycles. The van der Waals surface area contributed by atoms with Gasteiger partial charge in [-0.3, -0.25) is 4.79 Å². The van der Waals surface area contributed by atoms with E-state index in [1.54, 1.807) is 0 Å². The first kappa shape index (κ1) is 20.0. The lowest BCUT2D eigenvalue weighted by atomic mass is 9.87. The van der Waals surface area contributed by atoms with Crippen molar-refractivity contribution in [3.05, 3.63) is 35.9 Å². The third-order valence-electron chi connectivity index (χ3n) is 3.70. The van der Waals surface area contributed by atoms with Gasteiger partial charge in [0.1, 0.15) is 13.2 Å². The Hall–Kier alpha value is -2.04. The summed E-state index contributed by atoms with van der Waals surface area (Å²) in [6, 6.07) is 9.17. The van der Waals surface area contributed by atoms with E-state index in [4.69, 9.17) is 9.47 Å². The number of ether oxygens (including phenoxy) is 2. The molecule has 1 unspecified atom stereocenters. The average molecular weight is 335 g/mol. The first-order chi connectivity index (χ1) is 11.3. The number of esters is 1. The van der Waals surface area contributed by atoms with Crippen LogP contribution in [0.3, 0.4) is 0 Å². The van der Waals surface area contributed by atoms with Crippen LogP contribution < -0.4 is 5.32 Å². The van der Waals surface area contributed by atoms with Crippen molar-refractivity contribution >= 4 is 12.1 Å². The Labute approximate surface area is 144 Å². The molecule has 24 heavy (non-hydrogen) atoms. The van der Waals surface area contributed by atoms with Crippen molar-refractivity contribution in [2.24, 2.45) is 5.41 Å². The molecule has 0 saturated carbocycles. The zero-order valence-electron chi connectivity index (χ0n) is 15.1. The van der Waals surface area contributed by atoms with Crippen LogP contribution in [0.15, 0.2) is 30.3 Å². The van der Waals surface area contributed by atoms with E-state index in [0.717, 1.165) is 18.4 Å². The van der Waals surface area contributed by atoms with Crippen molar-refractivity contribution in [2.75, 3.05) is 6.61 Å². The van der Waals surface area contributed by atoms with Gasteiger partial charge in [0.15, 0.2) is 0 Å². The summed E-state index contributed by atoms with van der Waals surface area (Å²) in [5, 5.41) is 2.80. The Kier molecular flexibility index (Phi) is 8.30. The summed E-state index contributed by atoms with van der Waals surface area (Å²) in [5.74, 6) is -0.231. The fourth-order valence-electron chi connectivity index (χ4n) is 1.98. The van der Waals surface area contributed by atoms with Gasteiger partial charge in [-0.05, 0) is 17.4 Å². The van der Waals surface area contributed by atoms with E-state index < -0.39 is 6.09 Å². The van der Waals surface area contributed by atoms with E-state index in [-0.39, 0.29) is 30.6 Å². The highest BCUT2D eigenvalue weighted by atomic mass is 16.6. The van der Waals surface area contributed by atoms with Crippen molar-refractivity contribution in [3.63, 3.8) is 0 Å². The molecule has 1 N–H and O–H groups in total. The van der Waals surface area contributed by atoms with Crippen molar-refractivity contribution in [1.82, 2.24) is 5.32 Å². The Balaban J connectivity index is 2.47. The summed E-state index contributed by atoms with van der Waals surface area (Å²) in [7, 11) is 0. The van der Waals surface area contributed by atoms with Crippen LogP contribution in [-0.4, -0.2) is 24.7 Å². The van der Waals surface area contributed by atoms with E-state index in [9.17, 15) is 9.59 Å². The molecule has 0 aromatic heterocycles. The van der Waals surface area contributed by atoms with Crippen molar-refractivity contribution < 1.29 is 19.1 Å². The fourth-order valence-corrected chi connectivity index (χ4v) is 1.98. The maximum absolute atomic E-state index is 12.0. The highest BCUT2D eigenvalue weighted by Crippen LogP contribution is 2.20. The number of amides is 1. The molecule has 0 spiro atoms. The maximum Gasteiger partial charge on any atom is 0.407 e. The largest absolute Gasteiger partial charge is 0.463 e. The lowest BCUT2D eigenvalue weighted by Crippen LogP contribution is -2.47. The minimum Gasteiger partial charge on any atom is -0.463 e. The molecule has 0 aliphatic rings. The number of carbonyl (C=O) groups excluding carboxylic acids is 2. The van der Waals surface area contributed by atoms with E-state index in [2.05, 4.69) is 5.32 Å². The summed E-state index contributed by atoms with van der Waals surface area (Å²) in [6.07, 6.45) is 1.66. The quantitative estimate of drug-likeness (QED) is 0.728. The minimum atomic E-state index is -0.511. The molecule has 0 saturated heterocycles. The van der Waals surface area contributed by atoms with E-state index in [0.29, 0.717) is 6.42 Å². The summed E-state index contributed by atoms with van der Waals surface area (Å²) < 4.78 is 10.5. The van der Waals surface area contributed by atoms with Gasteiger partial charge in [-0.2, -0.15) is 0 Å². The molecule has 1 aromatic carbocycles. The number of alkyl carbamates (subject to hydrolysis) is 1. The van der Waals surface area contributed by atoms with Gasteiger partial charge in [0, 0.05) is 6.42 Å². The monoisotopic (exact) mass is 335 g/mol. The molecule has 0 bridgehead atoms. The SMILES string of the molecule is CCCCC(=O)OCC(NC(=O)OCc1ccccc1)C(C)(C)C. The normalized spacial score (nSPS) is 12.3. The standard InChI is InChI=1S/C19H29NO4/c1-5-6-12-17(21)23-14-16(19(2,3)4)20-18(22)24-13-15-10-8-7-9-11-15/h7-11,16H,5-6,12-14H2,1-4H3,(H,20,22). The van der Waals surface area contributed by atoms with Gasteiger partial charge in [0.05, 0.1) is 6.04 Å². The number of unbranched alkanes of at least 4 members (excludes halogenated alkanes) is 1. The van der Waals surface area contributed by atoms with Gasteiger partial charge >= 0.3 is 12.1 Å². The smallest absolute Gasteiger partial charge is 0.407 e. The molecule has 0 fully saturated rings. The molecular weight excluding hydrogens is 306 g/mol. The minimum absolute atomic E-state index is 0.145. The predicted molar refractivity (Wildman–Crippen MR) is 93.5 cm³/mol. The second-order valence-corrected chi connectivity index (χ2v) is 6.91. The predicted octanol–water partition coefficient (Wildman–Crippen LogP) is 4.06. The van der Waals surface area contributed by atoms with Crippen molar-refractivity contribution in [1.29, 1.82) is 0 Å². The van der Waals surface area contributed by atoms with Crippen LogP contribution in [0.5, 0.6) is 0 Å². The Morgan fingerprint density at radius 2 is 1.79 bits per heavy atom. The van der Waals surface area contributed by atoms with Crippen molar-refractivity contribution in [2.45, 2.75) is 59.6 Å². The molecule has 1 atom stereocenters. The van der Waals surface area contributed by atoms with Gasteiger partial charge in [0.2, 0.25) is 0 Å². The van der Waals surface area contributed by atoms with Gasteiger partial charge < -0.3 is 14.8 Å². The number of hydrogen-bond donors (Lipinski definition) is 1. The Morgan fingerprint density at radius 1 is 1.12 bits per heavy atom. The average Bonchev–Trinajstić information content (AvgIpc) is 2.54. The maximum atomic E-state index is 12.0. The van der Waals surface area contributed by atoms with E-state index in [1.807, 2.05) is 58.0 Å². The van der Waals surface area contributed by atoms with Crippen LogP contribution in [0.25, 0.3) is 0 Å². The molecule has 0 radical (unpaired) electrons. The number of benzene rings is 1. The summed E-state index contributed by atoms with van der Waals surface area (Å²) >= 11 is 0. The number of rotatable bonds is 8. The highest BCUT2D eigenvalue weighted by Gasteiger charge is 2.28. The van der Waals surface area contributed by atoms with Crippen LogP contribution in [0.4, 0.5) is 4.79 Å². The van der Waals surface area contributed by atoms with E-state index >= 15 is 0 Å². The fraction of sp³-hybridized carbons (Fsp3) is 0.579.